The number of nitrogens with zero attached hydrogens (tertiary/aromatic N) is 1. The van der Waals surface area contributed by atoms with Crippen LogP contribution in [0.4, 0.5) is 10.1 Å². The van der Waals surface area contributed by atoms with Gasteiger partial charge in [-0.15, -0.1) is 0 Å². The Hall–Kier alpha value is -2.61. The van der Waals surface area contributed by atoms with Crippen molar-refractivity contribution in [1.82, 2.24) is 5.32 Å². The highest BCUT2D eigenvalue weighted by Crippen LogP contribution is 2.32. The maximum absolute atomic E-state index is 13.7. The number of aryl methyl sites for hydroxylation is 1. The lowest BCUT2D eigenvalue weighted by Gasteiger charge is -2.29. The zero-order valence-electron chi connectivity index (χ0n) is 19.1. The van der Waals surface area contributed by atoms with Crippen molar-refractivity contribution in [1.29, 1.82) is 0 Å². The van der Waals surface area contributed by atoms with E-state index in [0.29, 0.717) is 0 Å². The fourth-order valence-electron chi connectivity index (χ4n) is 3.64. The minimum atomic E-state index is -3.83. The van der Waals surface area contributed by atoms with Crippen molar-refractivity contribution in [2.24, 2.45) is 0 Å². The van der Waals surface area contributed by atoms with Gasteiger partial charge in [0.1, 0.15) is 17.6 Å². The third kappa shape index (κ3) is 5.76. The van der Waals surface area contributed by atoms with Gasteiger partial charge in [0.2, 0.25) is 15.9 Å². The lowest BCUT2D eigenvalue weighted by Crippen LogP contribution is -2.48. The molecule has 0 saturated carbocycles. The van der Waals surface area contributed by atoms with Crippen LogP contribution in [-0.2, 0) is 14.8 Å². The number of halogens is 1. The first-order chi connectivity index (χ1) is 14.4. The van der Waals surface area contributed by atoms with Crippen molar-refractivity contribution < 1.29 is 22.3 Å². The van der Waals surface area contributed by atoms with Gasteiger partial charge in [-0.1, -0.05) is 19.9 Å². The molecule has 170 valence electrons. The van der Waals surface area contributed by atoms with Gasteiger partial charge >= 0.3 is 0 Å². The largest absolute Gasteiger partial charge is 0.496 e. The summed E-state index contributed by atoms with van der Waals surface area (Å²) in [4.78, 5) is 13.0. The molecule has 0 radical (unpaired) electrons. The number of ether oxygens (including phenoxy) is 1. The van der Waals surface area contributed by atoms with Crippen LogP contribution in [0.1, 0.15) is 56.3 Å². The van der Waals surface area contributed by atoms with Gasteiger partial charge in [0.05, 0.1) is 25.1 Å². The number of nitrogens with one attached hydrogen (secondary N) is 1. The summed E-state index contributed by atoms with van der Waals surface area (Å²) in [6, 6.07) is 7.69. The maximum atomic E-state index is 13.7. The number of sulfonamides is 1. The summed E-state index contributed by atoms with van der Waals surface area (Å²) >= 11 is 0. The van der Waals surface area contributed by atoms with Crippen LogP contribution < -0.4 is 14.4 Å². The molecule has 0 aromatic heterocycles. The van der Waals surface area contributed by atoms with Crippen molar-refractivity contribution in [2.45, 2.75) is 52.6 Å². The number of carbonyl (C=O) groups is 1. The fraction of sp³-hybridized carbons (Fsp3) is 0.435. The van der Waals surface area contributed by atoms with Gasteiger partial charge in [-0.25, -0.2) is 12.8 Å². The Labute approximate surface area is 184 Å². The van der Waals surface area contributed by atoms with Crippen LogP contribution in [0.2, 0.25) is 0 Å². The molecule has 6 nitrogen and oxygen atoms in total. The molecule has 2 unspecified atom stereocenters. The summed E-state index contributed by atoms with van der Waals surface area (Å²) in [5.41, 5.74) is 2.99. The molecule has 0 aliphatic carbocycles. The van der Waals surface area contributed by atoms with Gasteiger partial charge in [-0.2, -0.15) is 0 Å². The minimum absolute atomic E-state index is 0.0977. The standard InChI is InChI=1S/C23H31FN2O4S/c1-14(2)20-13-21(15(3)11-22(20)30-6)16(4)25-23(27)17(5)26(31(7,28)29)19-10-8-9-18(24)12-19/h8-14,16-17H,1-7H3,(H,25,27). The quantitative estimate of drug-likeness (QED) is 0.651. The summed E-state index contributed by atoms with van der Waals surface area (Å²) in [7, 11) is -2.20. The molecule has 2 atom stereocenters. The SMILES string of the molecule is COc1cc(C)c(C(C)NC(=O)C(C)N(c2cccc(F)c2)S(C)(=O)=O)cc1C(C)C. The Bertz CT molecular complexity index is 1050. The third-order valence-corrected chi connectivity index (χ3v) is 6.46. The van der Waals surface area contributed by atoms with Crippen molar-refractivity contribution in [3.05, 3.63) is 58.9 Å². The van der Waals surface area contributed by atoms with Gasteiger partial charge in [0.15, 0.2) is 0 Å². The molecule has 0 spiro atoms. The molecule has 0 bridgehead atoms. The average molecular weight is 451 g/mol. The molecule has 0 fully saturated rings. The summed E-state index contributed by atoms with van der Waals surface area (Å²) in [5.74, 6) is -0.0481. The normalized spacial score (nSPS) is 13.6. The number of amides is 1. The van der Waals surface area contributed by atoms with Gasteiger partial charge in [-0.3, -0.25) is 9.10 Å². The zero-order valence-corrected chi connectivity index (χ0v) is 19.9. The van der Waals surface area contributed by atoms with E-state index < -0.39 is 27.8 Å². The Morgan fingerprint density at radius 1 is 1.10 bits per heavy atom. The second-order valence-corrected chi connectivity index (χ2v) is 9.91. The molecule has 8 heteroatoms. The second-order valence-electron chi connectivity index (χ2n) is 8.05. The van der Waals surface area contributed by atoms with Gasteiger partial charge in [0, 0.05) is 0 Å². The molecular formula is C23H31FN2O4S. The Morgan fingerprint density at radius 3 is 2.26 bits per heavy atom. The third-order valence-electron chi connectivity index (χ3n) is 5.22. The summed E-state index contributed by atoms with van der Waals surface area (Å²) in [6.07, 6.45) is 0.994. The molecule has 2 rings (SSSR count). The Morgan fingerprint density at radius 2 is 1.74 bits per heavy atom. The maximum Gasteiger partial charge on any atom is 0.244 e. The van der Waals surface area contributed by atoms with E-state index in [0.717, 1.165) is 39.1 Å². The molecule has 2 aromatic carbocycles. The number of hydrogen-bond acceptors (Lipinski definition) is 4. The molecule has 1 N–H and O–H groups in total. The van der Waals surface area contributed by atoms with E-state index in [-0.39, 0.29) is 17.6 Å². The molecule has 31 heavy (non-hydrogen) atoms. The fourth-order valence-corrected chi connectivity index (χ4v) is 4.81. The van der Waals surface area contributed by atoms with E-state index in [1.807, 2.05) is 26.0 Å². The van der Waals surface area contributed by atoms with Crippen molar-refractivity contribution in [3.8, 4) is 5.75 Å². The minimum Gasteiger partial charge on any atom is -0.496 e. The van der Waals surface area contributed by atoms with E-state index in [1.165, 1.54) is 25.1 Å². The number of anilines is 1. The Balaban J connectivity index is 2.33. The topological polar surface area (TPSA) is 75.7 Å². The first-order valence-corrected chi connectivity index (χ1v) is 11.9. The van der Waals surface area contributed by atoms with Crippen molar-refractivity contribution in [2.75, 3.05) is 17.7 Å². The predicted octanol–water partition coefficient (Wildman–Crippen LogP) is 4.30. The average Bonchev–Trinajstić information content (AvgIpc) is 2.66. The smallest absolute Gasteiger partial charge is 0.244 e. The van der Waals surface area contributed by atoms with Crippen LogP contribution in [0, 0.1) is 12.7 Å². The number of methoxy groups -OCH3 is 1. The lowest BCUT2D eigenvalue weighted by atomic mass is 9.93. The van der Waals surface area contributed by atoms with Crippen molar-refractivity contribution in [3.63, 3.8) is 0 Å². The number of carbonyl (C=O) groups excluding carboxylic acids is 1. The zero-order chi connectivity index (χ0) is 23.5. The number of benzene rings is 2. The molecule has 0 aliphatic heterocycles. The van der Waals surface area contributed by atoms with Crippen LogP contribution in [0.25, 0.3) is 0 Å². The van der Waals surface area contributed by atoms with Gasteiger partial charge in [0.25, 0.3) is 0 Å². The highest BCUT2D eigenvalue weighted by molar-refractivity contribution is 7.92. The molecule has 1 amide bonds. The van der Waals surface area contributed by atoms with E-state index in [1.54, 1.807) is 7.11 Å². The summed E-state index contributed by atoms with van der Waals surface area (Å²) in [5, 5.41) is 2.90. The Kier molecular flexibility index (Phi) is 7.70. The van der Waals surface area contributed by atoms with Crippen LogP contribution in [0.5, 0.6) is 5.75 Å². The highest BCUT2D eigenvalue weighted by Gasteiger charge is 2.30. The molecule has 2 aromatic rings. The number of rotatable bonds is 8. The van der Waals surface area contributed by atoms with Gasteiger partial charge < -0.3 is 10.1 Å². The molecule has 0 heterocycles. The predicted molar refractivity (Wildman–Crippen MR) is 122 cm³/mol. The number of hydrogen-bond donors (Lipinski definition) is 1. The highest BCUT2D eigenvalue weighted by atomic mass is 32.2. The van der Waals surface area contributed by atoms with Crippen LogP contribution >= 0.6 is 0 Å². The van der Waals surface area contributed by atoms with Crippen molar-refractivity contribution >= 4 is 21.6 Å². The van der Waals surface area contributed by atoms with E-state index in [4.69, 9.17) is 4.74 Å². The molecular weight excluding hydrogens is 419 g/mol. The van der Waals surface area contributed by atoms with Gasteiger partial charge in [-0.05, 0) is 73.7 Å². The van der Waals surface area contributed by atoms with E-state index >= 15 is 0 Å². The summed E-state index contributed by atoms with van der Waals surface area (Å²) < 4.78 is 44.9. The molecule has 0 aliphatic rings. The monoisotopic (exact) mass is 450 g/mol. The van der Waals surface area contributed by atoms with Crippen LogP contribution in [0.3, 0.4) is 0 Å². The van der Waals surface area contributed by atoms with Crippen LogP contribution in [0.15, 0.2) is 36.4 Å². The second kappa shape index (κ2) is 9.68. The van der Waals surface area contributed by atoms with Crippen LogP contribution in [-0.4, -0.2) is 33.7 Å². The first-order valence-electron chi connectivity index (χ1n) is 10.1. The van der Waals surface area contributed by atoms with E-state index in [9.17, 15) is 17.6 Å². The lowest BCUT2D eigenvalue weighted by molar-refractivity contribution is -0.122. The van der Waals surface area contributed by atoms with E-state index in [2.05, 4.69) is 19.2 Å². The molecule has 0 saturated heterocycles. The first kappa shape index (κ1) is 24.7. The summed E-state index contributed by atoms with van der Waals surface area (Å²) in [6.45, 7) is 9.38.